The fraction of sp³-hybridized carbons (Fsp3) is 0.929. The summed E-state index contributed by atoms with van der Waals surface area (Å²) in [7, 11) is -3.15. The maximum Gasteiger partial charge on any atom is 0.237 e. The largest absolute Gasteiger partial charge is 0.350 e. The SMILES string of the molecule is CCC(C)(C)NC(=O)C(C)N1CCC(NS(C)(=O)=O)CC1. The number of hydrogen-bond donors (Lipinski definition) is 2. The zero-order valence-electron chi connectivity index (χ0n) is 13.8. The maximum absolute atomic E-state index is 12.3. The quantitative estimate of drug-likeness (QED) is 0.755. The zero-order valence-corrected chi connectivity index (χ0v) is 14.6. The molecule has 124 valence electrons. The number of piperidine rings is 1. The molecule has 1 fully saturated rings. The summed E-state index contributed by atoms with van der Waals surface area (Å²) < 4.78 is 25.1. The number of carbonyl (C=O) groups excluding carboxylic acids is 1. The molecule has 6 nitrogen and oxygen atoms in total. The fourth-order valence-corrected chi connectivity index (χ4v) is 3.24. The molecule has 0 aromatic heterocycles. The number of amides is 1. The van der Waals surface area contributed by atoms with E-state index in [4.69, 9.17) is 0 Å². The second-order valence-electron chi connectivity index (χ2n) is 6.60. The smallest absolute Gasteiger partial charge is 0.237 e. The molecule has 0 aliphatic carbocycles. The lowest BCUT2D eigenvalue weighted by atomic mass is 10.0. The summed E-state index contributed by atoms with van der Waals surface area (Å²) in [5, 5.41) is 3.06. The van der Waals surface area contributed by atoms with Crippen molar-refractivity contribution in [2.24, 2.45) is 0 Å². The second kappa shape index (κ2) is 7.07. The predicted molar refractivity (Wildman–Crippen MR) is 84.5 cm³/mol. The number of nitrogens with zero attached hydrogens (tertiary/aromatic N) is 1. The first kappa shape index (κ1) is 18.4. The molecule has 1 amide bonds. The van der Waals surface area contributed by atoms with Crippen molar-refractivity contribution in [3.05, 3.63) is 0 Å². The minimum absolute atomic E-state index is 0.0152. The minimum Gasteiger partial charge on any atom is -0.350 e. The summed E-state index contributed by atoms with van der Waals surface area (Å²) >= 11 is 0. The molecular formula is C14H29N3O3S. The highest BCUT2D eigenvalue weighted by Crippen LogP contribution is 2.15. The van der Waals surface area contributed by atoms with Crippen molar-refractivity contribution in [3.63, 3.8) is 0 Å². The van der Waals surface area contributed by atoms with Crippen LogP contribution in [0.3, 0.4) is 0 Å². The molecule has 0 aromatic rings. The second-order valence-corrected chi connectivity index (χ2v) is 8.38. The molecule has 1 aliphatic rings. The van der Waals surface area contributed by atoms with Gasteiger partial charge in [-0.05, 0) is 40.0 Å². The van der Waals surface area contributed by atoms with Crippen LogP contribution in [0.4, 0.5) is 0 Å². The van der Waals surface area contributed by atoms with E-state index < -0.39 is 10.0 Å². The molecule has 0 spiro atoms. The van der Waals surface area contributed by atoms with Crippen LogP contribution in [0.25, 0.3) is 0 Å². The lowest BCUT2D eigenvalue weighted by Gasteiger charge is -2.36. The summed E-state index contributed by atoms with van der Waals surface area (Å²) in [5.74, 6) is 0.0383. The van der Waals surface area contributed by atoms with Gasteiger partial charge in [-0.2, -0.15) is 0 Å². The summed E-state index contributed by atoms with van der Waals surface area (Å²) in [6.45, 7) is 9.45. The van der Waals surface area contributed by atoms with Gasteiger partial charge in [-0.3, -0.25) is 9.69 Å². The number of hydrogen-bond acceptors (Lipinski definition) is 4. The van der Waals surface area contributed by atoms with Gasteiger partial charge in [0, 0.05) is 24.7 Å². The molecule has 21 heavy (non-hydrogen) atoms. The van der Waals surface area contributed by atoms with Crippen molar-refractivity contribution >= 4 is 15.9 Å². The van der Waals surface area contributed by atoms with E-state index in [0.29, 0.717) is 0 Å². The highest BCUT2D eigenvalue weighted by Gasteiger charge is 2.29. The Kier molecular flexibility index (Phi) is 6.19. The van der Waals surface area contributed by atoms with Gasteiger partial charge in [0.2, 0.25) is 15.9 Å². The van der Waals surface area contributed by atoms with Gasteiger partial charge in [0.1, 0.15) is 0 Å². The van der Waals surface area contributed by atoms with Crippen molar-refractivity contribution in [3.8, 4) is 0 Å². The number of likely N-dealkylation sites (tertiary alicyclic amines) is 1. The van der Waals surface area contributed by atoms with Crippen LogP contribution in [0.5, 0.6) is 0 Å². The van der Waals surface area contributed by atoms with Crippen molar-refractivity contribution in [1.29, 1.82) is 0 Å². The molecule has 1 rings (SSSR count). The molecule has 1 atom stereocenters. The van der Waals surface area contributed by atoms with Crippen LogP contribution >= 0.6 is 0 Å². The molecule has 0 aromatic carbocycles. The maximum atomic E-state index is 12.3. The van der Waals surface area contributed by atoms with Crippen molar-refractivity contribution in [1.82, 2.24) is 14.9 Å². The zero-order chi connectivity index (χ0) is 16.3. The van der Waals surface area contributed by atoms with E-state index in [-0.39, 0.29) is 23.5 Å². The van der Waals surface area contributed by atoms with E-state index in [9.17, 15) is 13.2 Å². The van der Waals surface area contributed by atoms with Gasteiger partial charge in [-0.15, -0.1) is 0 Å². The monoisotopic (exact) mass is 319 g/mol. The highest BCUT2D eigenvalue weighted by molar-refractivity contribution is 7.88. The van der Waals surface area contributed by atoms with Crippen molar-refractivity contribution in [2.75, 3.05) is 19.3 Å². The summed E-state index contributed by atoms with van der Waals surface area (Å²) in [4.78, 5) is 14.4. The normalized spacial score (nSPS) is 20.2. The van der Waals surface area contributed by atoms with Crippen molar-refractivity contribution in [2.45, 2.75) is 64.6 Å². The molecule has 7 heteroatoms. The first-order valence-electron chi connectivity index (χ1n) is 7.57. The first-order chi connectivity index (χ1) is 9.54. The number of carbonyl (C=O) groups is 1. The third kappa shape index (κ3) is 6.32. The summed E-state index contributed by atoms with van der Waals surface area (Å²) in [5.41, 5.74) is -0.193. The van der Waals surface area contributed by atoms with Crippen LogP contribution < -0.4 is 10.0 Å². The molecule has 0 bridgehead atoms. The van der Waals surface area contributed by atoms with E-state index in [1.165, 1.54) is 6.26 Å². The summed E-state index contributed by atoms with van der Waals surface area (Å²) in [6, 6.07) is -0.200. The average Bonchev–Trinajstić information content (AvgIpc) is 2.36. The van der Waals surface area contributed by atoms with Gasteiger partial charge < -0.3 is 5.32 Å². The standard InChI is InChI=1S/C14H29N3O3S/c1-6-14(3,4)15-13(18)11(2)17-9-7-12(8-10-17)16-21(5,19)20/h11-12,16H,6-10H2,1-5H3,(H,15,18). The predicted octanol–water partition coefficient (Wildman–Crippen LogP) is 0.693. The lowest BCUT2D eigenvalue weighted by molar-refractivity contribution is -0.128. The van der Waals surface area contributed by atoms with E-state index in [2.05, 4.69) is 14.9 Å². The molecule has 1 unspecified atom stereocenters. The van der Waals surface area contributed by atoms with E-state index in [1.807, 2.05) is 27.7 Å². The Bertz CT molecular complexity index is 454. The summed E-state index contributed by atoms with van der Waals surface area (Å²) in [6.07, 6.45) is 3.54. The Morgan fingerprint density at radius 3 is 2.29 bits per heavy atom. The third-order valence-corrected chi connectivity index (χ3v) is 4.94. The topological polar surface area (TPSA) is 78.5 Å². The van der Waals surface area contributed by atoms with Gasteiger partial charge in [-0.25, -0.2) is 13.1 Å². The number of rotatable bonds is 6. The van der Waals surface area contributed by atoms with Gasteiger partial charge in [0.15, 0.2) is 0 Å². The molecule has 1 saturated heterocycles. The molecule has 2 N–H and O–H groups in total. The van der Waals surface area contributed by atoms with Crippen molar-refractivity contribution < 1.29 is 13.2 Å². The Morgan fingerprint density at radius 1 is 1.33 bits per heavy atom. The fourth-order valence-electron chi connectivity index (χ4n) is 2.40. The van der Waals surface area contributed by atoms with E-state index in [1.54, 1.807) is 0 Å². The van der Waals surface area contributed by atoms with Gasteiger partial charge >= 0.3 is 0 Å². The van der Waals surface area contributed by atoms with E-state index >= 15 is 0 Å². The Balaban J connectivity index is 2.48. The first-order valence-corrected chi connectivity index (χ1v) is 9.46. The Morgan fingerprint density at radius 2 is 1.86 bits per heavy atom. The van der Waals surface area contributed by atoms with Gasteiger partial charge in [0.25, 0.3) is 0 Å². The Labute approximate surface area is 128 Å². The molecular weight excluding hydrogens is 290 g/mol. The molecule has 0 radical (unpaired) electrons. The van der Waals surface area contributed by atoms with Crippen LogP contribution in [0.15, 0.2) is 0 Å². The van der Waals surface area contributed by atoms with Gasteiger partial charge in [-0.1, -0.05) is 6.92 Å². The number of nitrogens with one attached hydrogen (secondary N) is 2. The average molecular weight is 319 g/mol. The van der Waals surface area contributed by atoms with Crippen LogP contribution in [-0.4, -0.2) is 56.2 Å². The van der Waals surface area contributed by atoms with Crippen LogP contribution in [0, 0.1) is 0 Å². The van der Waals surface area contributed by atoms with E-state index in [0.717, 1.165) is 32.4 Å². The highest BCUT2D eigenvalue weighted by atomic mass is 32.2. The van der Waals surface area contributed by atoms with Crippen LogP contribution in [0.2, 0.25) is 0 Å². The van der Waals surface area contributed by atoms with Crippen LogP contribution in [-0.2, 0) is 14.8 Å². The van der Waals surface area contributed by atoms with Gasteiger partial charge in [0.05, 0.1) is 12.3 Å². The Hall–Kier alpha value is -0.660. The minimum atomic E-state index is -3.15. The third-order valence-electron chi connectivity index (χ3n) is 4.18. The molecule has 0 saturated carbocycles. The molecule has 1 aliphatic heterocycles. The molecule has 1 heterocycles. The van der Waals surface area contributed by atoms with Crippen LogP contribution in [0.1, 0.15) is 47.0 Å². The lowest BCUT2D eigenvalue weighted by Crippen LogP contribution is -2.54. The number of sulfonamides is 1.